The lowest BCUT2D eigenvalue weighted by molar-refractivity contribution is -0.386. The molecule has 7 aromatic carbocycles. The van der Waals surface area contributed by atoms with Crippen molar-refractivity contribution in [1.82, 2.24) is 9.55 Å². The maximum absolute atomic E-state index is 12.5. The summed E-state index contributed by atoms with van der Waals surface area (Å²) in [4.78, 5) is 101. The van der Waals surface area contributed by atoms with Crippen LogP contribution >= 0.6 is 18.5 Å². The van der Waals surface area contributed by atoms with Crippen LogP contribution in [0.2, 0.25) is 0 Å². The van der Waals surface area contributed by atoms with Crippen LogP contribution in [0.15, 0.2) is 182 Å². The summed E-state index contributed by atoms with van der Waals surface area (Å²) in [5.41, 5.74) is 14.8. The summed E-state index contributed by atoms with van der Waals surface area (Å²) >= 11 is 5.16. The number of nitro benzene ring substituents is 3. The summed E-state index contributed by atoms with van der Waals surface area (Å²) in [7, 11) is 3.59. The number of phenols is 2. The number of imidazole rings is 1. The highest BCUT2D eigenvalue weighted by atomic mass is 35.5. The number of aromatic nitrogens is 2. The number of fused-ring (bicyclic) bond motifs is 1. The lowest BCUT2D eigenvalue weighted by Gasteiger charge is -2.37. The van der Waals surface area contributed by atoms with Gasteiger partial charge < -0.3 is 62.9 Å². The number of aryl methyl sites for hydroxylation is 1. The Morgan fingerprint density at radius 1 is 0.563 bits per heavy atom. The summed E-state index contributed by atoms with van der Waals surface area (Å²) in [6.45, 7) is 6.12. The average molecular weight is 1470 g/mol. The van der Waals surface area contributed by atoms with Crippen molar-refractivity contribution in [2.24, 2.45) is 18.5 Å². The standard InChI is InChI=1S/C22H21O2P.C17H21N3O2.C12H14N2O4.C11H11NO5.C7H5NO4.C5H8ClNO.ClH/c1-2-24-22(23)18-25(19-12-6-3-7-13-19,20-14-8-4-9-15-20)21-16-10-5-11-17-21;1-3-22-15(21)8-6-12-5-7-13-14(11-12)20(2)16(19-13)17(18)9-4-10-17;1-3-18-12(15)7-5-9-4-6-11(14(16)17)10(8-9)13-2;1-2-17-11(14)6-4-8-3-5-9(12(15)16)10(13)7-8;9-4-5-1-2-6(8(11)12)7(10)3-5;6-4(8)5(7)2-1-3-5;/h3-18H,2H2,1H3;5-8,11H,3-4,9-10,18H2,1-2H3;4-8,13H,3H2,1-2H3;3-7,13H,2H2,1H3;1-4,10H;1-3,7H2;1H/p-1/b;8-6+;7-5+;6-4+;;;. The van der Waals surface area contributed by atoms with Crippen LogP contribution in [-0.2, 0) is 55.5 Å². The molecular weight excluding hydrogens is 1390 g/mol. The molecule has 2 aliphatic carbocycles. The fraction of sp³-hybridized carbons (Fsp3) is 0.243. The van der Waals surface area contributed by atoms with E-state index in [1.54, 1.807) is 57.9 Å². The van der Waals surface area contributed by atoms with Gasteiger partial charge in [0.15, 0.2) is 11.5 Å². The predicted octanol–water partition coefficient (Wildman–Crippen LogP) is 8.67. The molecule has 0 amide bonds. The van der Waals surface area contributed by atoms with Gasteiger partial charge in [0.2, 0.25) is 5.24 Å². The van der Waals surface area contributed by atoms with Gasteiger partial charge in [0.1, 0.15) is 17.8 Å². The van der Waals surface area contributed by atoms with E-state index < -0.39 is 56.3 Å². The zero-order valence-electron chi connectivity index (χ0n) is 57.3. The first-order valence-electron chi connectivity index (χ1n) is 32.0. The minimum absolute atomic E-state index is 0. The third kappa shape index (κ3) is 24.6. The molecule has 1 aromatic heterocycles. The molecule has 0 atom stereocenters. The second-order valence-electron chi connectivity index (χ2n) is 22.3. The number of nitrogens with one attached hydrogen (secondary N) is 1. The van der Waals surface area contributed by atoms with E-state index in [2.05, 4.69) is 51.0 Å². The minimum Gasteiger partial charge on any atom is -1.00 e. The number of benzene rings is 7. The van der Waals surface area contributed by atoms with Gasteiger partial charge in [-0.25, -0.2) is 24.2 Å². The highest BCUT2D eigenvalue weighted by Crippen LogP contribution is 2.44. The number of nitrogens with two attached hydrogens (primary N) is 2. The molecule has 103 heavy (non-hydrogen) atoms. The molecule has 7 N–H and O–H groups in total. The fourth-order valence-electron chi connectivity index (χ4n) is 9.94. The number of carbonyl (C=O) groups excluding carboxylic acids is 6. The molecule has 2 aliphatic rings. The van der Waals surface area contributed by atoms with E-state index >= 15 is 0 Å². The third-order valence-corrected chi connectivity index (χ3v) is 19.7. The topological polar surface area (TPSA) is 391 Å². The number of esters is 4. The van der Waals surface area contributed by atoms with E-state index in [0.29, 0.717) is 42.9 Å². The lowest BCUT2D eigenvalue weighted by atomic mass is 9.77. The molecule has 10 rings (SSSR count). The number of carbonyl (C=O) groups is 6. The molecular formula is C74H80Cl2N8O18P-. The molecule has 26 nitrogen and oxygen atoms in total. The van der Waals surface area contributed by atoms with Crippen molar-refractivity contribution in [2.75, 3.05) is 38.8 Å². The number of hydrogen-bond donors (Lipinski definition) is 5. The number of nitrogens with zero attached hydrogens (tertiary/aromatic N) is 5. The van der Waals surface area contributed by atoms with Crippen molar-refractivity contribution in [1.29, 1.82) is 0 Å². The number of nitro groups is 3. The zero-order chi connectivity index (χ0) is 75.0. The summed E-state index contributed by atoms with van der Waals surface area (Å²) in [6.07, 6.45) is 14.8. The second kappa shape index (κ2) is 41.6. The van der Waals surface area contributed by atoms with E-state index in [9.17, 15) is 64.2 Å². The molecule has 0 bridgehead atoms. The van der Waals surface area contributed by atoms with Gasteiger partial charge in [0.05, 0.1) is 63.3 Å². The highest BCUT2D eigenvalue weighted by Gasteiger charge is 2.39. The molecule has 0 aliphatic heterocycles. The van der Waals surface area contributed by atoms with E-state index in [0.717, 1.165) is 89.0 Å². The zero-order valence-corrected chi connectivity index (χ0v) is 59.7. The van der Waals surface area contributed by atoms with Crippen molar-refractivity contribution in [3.63, 3.8) is 0 Å². The van der Waals surface area contributed by atoms with Crippen LogP contribution in [0.25, 0.3) is 29.3 Å². The van der Waals surface area contributed by atoms with Gasteiger partial charge in [-0.05, 0) is 184 Å². The van der Waals surface area contributed by atoms with E-state index in [1.807, 2.05) is 86.8 Å². The van der Waals surface area contributed by atoms with Gasteiger partial charge >= 0.3 is 35.3 Å². The van der Waals surface area contributed by atoms with Crippen molar-refractivity contribution < 1.29 is 85.1 Å². The Bertz CT molecular complexity index is 4290. The quantitative estimate of drug-likeness (QED) is 0.00656. The Kier molecular flexibility index (Phi) is 34.0. The van der Waals surface area contributed by atoms with Crippen molar-refractivity contribution in [3.05, 3.63) is 240 Å². The summed E-state index contributed by atoms with van der Waals surface area (Å²) in [5, 5.41) is 55.4. The molecule has 1 heterocycles. The van der Waals surface area contributed by atoms with Crippen LogP contribution in [0.4, 0.5) is 22.7 Å². The Morgan fingerprint density at radius 3 is 1.27 bits per heavy atom. The maximum atomic E-state index is 12.5. The average Bonchev–Trinajstić information content (AvgIpc) is 1.75. The molecule has 2 fully saturated rings. The number of anilines is 1. The van der Waals surface area contributed by atoms with Gasteiger partial charge in [-0.1, -0.05) is 97.1 Å². The number of aldehydes is 1. The van der Waals surface area contributed by atoms with Crippen LogP contribution in [0.1, 0.15) is 99.1 Å². The number of halogens is 2. The minimum atomic E-state index is -2.24. The van der Waals surface area contributed by atoms with Crippen LogP contribution < -0.4 is 45.1 Å². The summed E-state index contributed by atoms with van der Waals surface area (Å²) < 4.78 is 21.6. The largest absolute Gasteiger partial charge is 1.00 e. The molecule has 2 saturated carbocycles. The number of phenolic OH excluding ortho intramolecular Hbond substituents is 2. The first-order chi connectivity index (χ1) is 48.7. The SMILES string of the molecule is CCOC(=O)/C=C/c1ccc([N+](=O)[O-])c(NC)c1.CCOC(=O)/C=C/c1ccc([N+](=O)[O-])c(O)c1.CCOC(=O)/C=C/c1ccc2nc(C3(N)CCC3)n(C)c2c1.CCOC(=O)C=P(c1ccccc1)(c1ccccc1)c1ccccc1.NC1(C(=O)Cl)CCC1.O=Cc1ccc([N+](=O)[O-])c(O)c1.[Cl-]. The Morgan fingerprint density at radius 2 is 0.932 bits per heavy atom. The highest BCUT2D eigenvalue weighted by molar-refractivity contribution is 7.95. The van der Waals surface area contributed by atoms with E-state index in [1.165, 1.54) is 54.6 Å². The van der Waals surface area contributed by atoms with Crippen LogP contribution in [-0.4, -0.2) is 115 Å². The number of ether oxygens (including phenoxy) is 4. The van der Waals surface area contributed by atoms with Crippen molar-refractivity contribution >= 4 is 128 Å². The summed E-state index contributed by atoms with van der Waals surface area (Å²) in [5.74, 6) is 0.255. The molecule has 0 radical (unpaired) electrons. The Labute approximate surface area is 605 Å². The molecule has 29 heteroatoms. The van der Waals surface area contributed by atoms with Gasteiger partial charge in [-0.2, -0.15) is 0 Å². The van der Waals surface area contributed by atoms with Gasteiger partial charge in [0, 0.05) is 61.9 Å². The smallest absolute Gasteiger partial charge is 0.331 e. The first kappa shape index (κ1) is 84.3. The van der Waals surface area contributed by atoms with E-state index in [-0.39, 0.29) is 58.7 Å². The van der Waals surface area contributed by atoms with E-state index in [4.69, 9.17) is 47.4 Å². The van der Waals surface area contributed by atoms with Gasteiger partial charge in [-0.3, -0.25) is 39.9 Å². The van der Waals surface area contributed by atoms with Gasteiger partial charge in [0.25, 0.3) is 5.69 Å². The first-order valence-corrected chi connectivity index (χ1v) is 34.2. The normalized spacial score (nSPS) is 12.7. The maximum Gasteiger partial charge on any atom is 0.331 e. The molecule has 544 valence electrons. The number of rotatable bonds is 21. The van der Waals surface area contributed by atoms with Crippen molar-refractivity contribution in [2.45, 2.75) is 77.3 Å². The lowest BCUT2D eigenvalue weighted by Crippen LogP contribution is -3.00. The van der Waals surface area contributed by atoms with Crippen LogP contribution in [0.3, 0.4) is 0 Å². The molecule has 0 saturated heterocycles. The Balaban J connectivity index is 0.000000269. The van der Waals surface area contributed by atoms with Crippen LogP contribution in [0, 0.1) is 30.3 Å². The second-order valence-corrected chi connectivity index (χ2v) is 25.9. The molecule has 8 aromatic rings. The monoisotopic (exact) mass is 1470 g/mol. The molecule has 0 spiro atoms. The molecule has 0 unspecified atom stereocenters. The van der Waals surface area contributed by atoms with Gasteiger partial charge in [-0.15, -0.1) is 0 Å². The Hall–Kier alpha value is -11.2. The number of aromatic hydroxyl groups is 2. The predicted molar refractivity (Wildman–Crippen MR) is 394 cm³/mol. The number of hydrogen-bond acceptors (Lipinski definition) is 22. The van der Waals surface area contributed by atoms with Crippen LogP contribution in [0.5, 0.6) is 11.5 Å². The van der Waals surface area contributed by atoms with Crippen molar-refractivity contribution in [3.8, 4) is 11.5 Å². The fourth-order valence-corrected chi connectivity index (χ4v) is 13.8. The summed E-state index contributed by atoms with van der Waals surface area (Å²) in [6, 6.07) is 48.4. The third-order valence-electron chi connectivity index (χ3n) is 15.4.